The summed E-state index contributed by atoms with van der Waals surface area (Å²) in [4.78, 5) is 38.1. The summed E-state index contributed by atoms with van der Waals surface area (Å²) in [6, 6.07) is 0. The summed E-state index contributed by atoms with van der Waals surface area (Å²) in [5, 5.41) is 12.0. The Kier molecular flexibility index (Phi) is 6.29. The fourth-order valence-corrected chi connectivity index (χ4v) is 2.31. The summed E-state index contributed by atoms with van der Waals surface area (Å²) in [6.45, 7) is 6.69. The lowest BCUT2D eigenvalue weighted by molar-refractivity contribution is -0.136. The molecule has 21 heavy (non-hydrogen) atoms. The normalized spacial score (nSPS) is 15.7. The number of hydrogen-bond donors (Lipinski definition) is 2. The first-order chi connectivity index (χ1) is 9.71. The van der Waals surface area contributed by atoms with Gasteiger partial charge in [-0.15, -0.1) is 0 Å². The van der Waals surface area contributed by atoms with Crippen molar-refractivity contribution in [1.82, 2.24) is 15.1 Å². The standard InChI is InChI=1S/C14H25N3O4/c1-4-16(10-14(2,3)21)8-11(18)15-12(19)9-17-7-5-6-13(17)20/h21H,4-10H2,1-3H3,(H,15,18,19). The Hall–Kier alpha value is -1.47. The molecule has 1 saturated heterocycles. The van der Waals surface area contributed by atoms with E-state index in [0.717, 1.165) is 6.42 Å². The molecule has 120 valence electrons. The van der Waals surface area contributed by atoms with Gasteiger partial charge in [0.1, 0.15) is 0 Å². The van der Waals surface area contributed by atoms with Gasteiger partial charge in [-0.05, 0) is 26.8 Å². The van der Waals surface area contributed by atoms with Gasteiger partial charge in [0, 0.05) is 19.5 Å². The third-order valence-corrected chi connectivity index (χ3v) is 3.21. The van der Waals surface area contributed by atoms with Crippen molar-refractivity contribution in [2.45, 2.75) is 39.2 Å². The second kappa shape index (κ2) is 7.51. The molecule has 0 radical (unpaired) electrons. The molecule has 0 bridgehead atoms. The van der Waals surface area contributed by atoms with Crippen LogP contribution in [0.25, 0.3) is 0 Å². The van der Waals surface area contributed by atoms with E-state index in [0.29, 0.717) is 26.1 Å². The van der Waals surface area contributed by atoms with Gasteiger partial charge in [-0.2, -0.15) is 0 Å². The Bertz CT molecular complexity index is 404. The maximum absolute atomic E-state index is 11.8. The van der Waals surface area contributed by atoms with Crippen molar-refractivity contribution in [3.05, 3.63) is 0 Å². The molecule has 1 rings (SSSR count). The number of nitrogens with zero attached hydrogens (tertiary/aromatic N) is 2. The monoisotopic (exact) mass is 299 g/mol. The minimum Gasteiger partial charge on any atom is -0.389 e. The van der Waals surface area contributed by atoms with Crippen molar-refractivity contribution in [1.29, 1.82) is 0 Å². The Morgan fingerprint density at radius 3 is 2.52 bits per heavy atom. The van der Waals surface area contributed by atoms with Crippen molar-refractivity contribution in [2.75, 3.05) is 32.7 Å². The second-order valence-electron chi connectivity index (χ2n) is 6.01. The fraction of sp³-hybridized carbons (Fsp3) is 0.786. The van der Waals surface area contributed by atoms with Gasteiger partial charge in [-0.25, -0.2) is 0 Å². The number of likely N-dealkylation sites (N-methyl/N-ethyl adjacent to an activating group) is 1. The van der Waals surface area contributed by atoms with Crippen molar-refractivity contribution in [3.63, 3.8) is 0 Å². The minimum absolute atomic E-state index is 0.0418. The van der Waals surface area contributed by atoms with Crippen LogP contribution in [0.2, 0.25) is 0 Å². The van der Waals surface area contributed by atoms with Gasteiger partial charge < -0.3 is 10.0 Å². The third kappa shape index (κ3) is 6.68. The predicted molar refractivity (Wildman–Crippen MR) is 77.4 cm³/mol. The summed E-state index contributed by atoms with van der Waals surface area (Å²) in [6.07, 6.45) is 1.23. The Morgan fingerprint density at radius 2 is 2.05 bits per heavy atom. The molecule has 0 unspecified atom stereocenters. The number of nitrogens with one attached hydrogen (secondary N) is 1. The zero-order valence-corrected chi connectivity index (χ0v) is 13.0. The number of hydrogen-bond acceptors (Lipinski definition) is 5. The largest absolute Gasteiger partial charge is 0.389 e. The highest BCUT2D eigenvalue weighted by Gasteiger charge is 2.24. The van der Waals surface area contributed by atoms with E-state index in [-0.39, 0.29) is 19.0 Å². The van der Waals surface area contributed by atoms with Crippen LogP contribution in [0.15, 0.2) is 0 Å². The first kappa shape index (κ1) is 17.6. The summed E-state index contributed by atoms with van der Waals surface area (Å²) < 4.78 is 0. The average molecular weight is 299 g/mol. The molecule has 1 aliphatic heterocycles. The predicted octanol–water partition coefficient (Wildman–Crippen LogP) is -0.656. The van der Waals surface area contributed by atoms with Gasteiger partial charge in [-0.3, -0.25) is 24.6 Å². The Labute approximate surface area is 125 Å². The summed E-state index contributed by atoms with van der Waals surface area (Å²) in [7, 11) is 0. The number of carbonyl (C=O) groups excluding carboxylic acids is 3. The van der Waals surface area contributed by atoms with Crippen LogP contribution in [0, 0.1) is 0 Å². The van der Waals surface area contributed by atoms with Gasteiger partial charge >= 0.3 is 0 Å². The fourth-order valence-electron chi connectivity index (χ4n) is 2.31. The van der Waals surface area contributed by atoms with Crippen molar-refractivity contribution in [3.8, 4) is 0 Å². The van der Waals surface area contributed by atoms with Crippen molar-refractivity contribution in [2.24, 2.45) is 0 Å². The molecular formula is C14H25N3O4. The van der Waals surface area contributed by atoms with E-state index in [4.69, 9.17) is 0 Å². The second-order valence-corrected chi connectivity index (χ2v) is 6.01. The minimum atomic E-state index is -0.901. The molecule has 0 aromatic rings. The van der Waals surface area contributed by atoms with Crippen LogP contribution in [0.1, 0.15) is 33.6 Å². The van der Waals surface area contributed by atoms with E-state index in [2.05, 4.69) is 5.32 Å². The van der Waals surface area contributed by atoms with Gasteiger partial charge in [-0.1, -0.05) is 6.92 Å². The van der Waals surface area contributed by atoms with E-state index >= 15 is 0 Å². The smallest absolute Gasteiger partial charge is 0.246 e. The molecule has 2 N–H and O–H groups in total. The highest BCUT2D eigenvalue weighted by atomic mass is 16.3. The van der Waals surface area contributed by atoms with Crippen LogP contribution >= 0.6 is 0 Å². The van der Waals surface area contributed by atoms with Crippen LogP contribution in [-0.2, 0) is 14.4 Å². The maximum Gasteiger partial charge on any atom is 0.246 e. The molecule has 3 amide bonds. The van der Waals surface area contributed by atoms with Crippen molar-refractivity contribution >= 4 is 17.7 Å². The van der Waals surface area contributed by atoms with Crippen LogP contribution < -0.4 is 5.32 Å². The molecule has 0 saturated carbocycles. The molecule has 0 aromatic carbocycles. The van der Waals surface area contributed by atoms with Crippen LogP contribution in [0.4, 0.5) is 0 Å². The molecule has 1 aliphatic rings. The van der Waals surface area contributed by atoms with E-state index in [9.17, 15) is 19.5 Å². The highest BCUT2D eigenvalue weighted by molar-refractivity contribution is 5.98. The molecule has 7 heteroatoms. The lowest BCUT2D eigenvalue weighted by Gasteiger charge is -2.27. The lowest BCUT2D eigenvalue weighted by atomic mass is 10.1. The van der Waals surface area contributed by atoms with E-state index in [1.165, 1.54) is 4.90 Å². The van der Waals surface area contributed by atoms with Gasteiger partial charge in [0.15, 0.2) is 0 Å². The first-order valence-corrected chi connectivity index (χ1v) is 7.26. The summed E-state index contributed by atoms with van der Waals surface area (Å²) in [5.74, 6) is -0.929. The average Bonchev–Trinajstić information content (AvgIpc) is 2.72. The van der Waals surface area contributed by atoms with Crippen LogP contribution in [-0.4, -0.2) is 71.0 Å². The number of rotatable bonds is 7. The van der Waals surface area contributed by atoms with Gasteiger partial charge in [0.05, 0.1) is 18.7 Å². The Morgan fingerprint density at radius 1 is 1.38 bits per heavy atom. The third-order valence-electron chi connectivity index (χ3n) is 3.21. The quantitative estimate of drug-likeness (QED) is 0.652. The van der Waals surface area contributed by atoms with E-state index in [1.807, 2.05) is 6.92 Å². The molecule has 0 atom stereocenters. The molecule has 7 nitrogen and oxygen atoms in total. The number of likely N-dealkylation sites (tertiary alicyclic amines) is 1. The van der Waals surface area contributed by atoms with Crippen molar-refractivity contribution < 1.29 is 19.5 Å². The highest BCUT2D eigenvalue weighted by Crippen LogP contribution is 2.08. The molecule has 0 aliphatic carbocycles. The number of carbonyl (C=O) groups is 3. The summed E-state index contributed by atoms with van der Waals surface area (Å²) in [5.41, 5.74) is -0.901. The van der Waals surface area contributed by atoms with Gasteiger partial charge in [0.25, 0.3) is 0 Å². The van der Waals surface area contributed by atoms with Gasteiger partial charge in [0.2, 0.25) is 17.7 Å². The number of amides is 3. The molecular weight excluding hydrogens is 274 g/mol. The lowest BCUT2D eigenvalue weighted by Crippen LogP contribution is -2.47. The Balaban J connectivity index is 2.37. The molecule has 1 heterocycles. The van der Waals surface area contributed by atoms with Crippen LogP contribution in [0.3, 0.4) is 0 Å². The van der Waals surface area contributed by atoms with Crippen LogP contribution in [0.5, 0.6) is 0 Å². The zero-order valence-electron chi connectivity index (χ0n) is 13.0. The van der Waals surface area contributed by atoms with E-state index in [1.54, 1.807) is 18.7 Å². The molecule has 0 spiro atoms. The van der Waals surface area contributed by atoms with E-state index < -0.39 is 17.4 Å². The first-order valence-electron chi connectivity index (χ1n) is 7.26. The zero-order chi connectivity index (χ0) is 16.0. The molecule has 0 aromatic heterocycles. The number of imide groups is 1. The molecule has 1 fully saturated rings. The topological polar surface area (TPSA) is 90.0 Å². The SMILES string of the molecule is CCN(CC(=O)NC(=O)CN1CCCC1=O)CC(C)(C)O. The number of aliphatic hydroxyl groups is 1. The summed E-state index contributed by atoms with van der Waals surface area (Å²) >= 11 is 0. The maximum atomic E-state index is 11.8.